The SMILES string of the molecule is CC(=O)c1sccc1NC(=O)C(F)(F)F. The summed E-state index contributed by atoms with van der Waals surface area (Å²) in [6.07, 6.45) is -4.95. The molecule has 1 N–H and O–H groups in total. The molecule has 1 aromatic heterocycles. The van der Waals surface area contributed by atoms with Gasteiger partial charge in [0.15, 0.2) is 5.78 Å². The number of amides is 1. The summed E-state index contributed by atoms with van der Waals surface area (Å²) in [5.41, 5.74) is -0.102. The van der Waals surface area contributed by atoms with Gasteiger partial charge in [0, 0.05) is 6.92 Å². The van der Waals surface area contributed by atoms with Gasteiger partial charge in [0.25, 0.3) is 0 Å². The van der Waals surface area contributed by atoms with E-state index in [-0.39, 0.29) is 16.3 Å². The van der Waals surface area contributed by atoms with Gasteiger partial charge in [-0.1, -0.05) is 0 Å². The zero-order valence-corrected chi connectivity index (χ0v) is 8.33. The minimum absolute atomic E-state index is 0.102. The van der Waals surface area contributed by atoms with Crippen molar-refractivity contribution in [2.24, 2.45) is 0 Å². The van der Waals surface area contributed by atoms with Crippen molar-refractivity contribution >= 4 is 28.7 Å². The predicted molar refractivity (Wildman–Crippen MR) is 49.0 cm³/mol. The van der Waals surface area contributed by atoms with Crippen LogP contribution in [0.2, 0.25) is 0 Å². The van der Waals surface area contributed by atoms with Crippen molar-refractivity contribution in [2.75, 3.05) is 5.32 Å². The van der Waals surface area contributed by atoms with E-state index >= 15 is 0 Å². The molecule has 3 nitrogen and oxygen atoms in total. The van der Waals surface area contributed by atoms with Crippen LogP contribution >= 0.6 is 11.3 Å². The lowest BCUT2D eigenvalue weighted by Crippen LogP contribution is -2.30. The Morgan fingerprint density at radius 3 is 2.47 bits per heavy atom. The van der Waals surface area contributed by atoms with E-state index in [4.69, 9.17) is 0 Å². The van der Waals surface area contributed by atoms with Crippen molar-refractivity contribution in [1.82, 2.24) is 0 Å². The Hall–Kier alpha value is -1.37. The molecule has 7 heteroatoms. The van der Waals surface area contributed by atoms with Gasteiger partial charge in [-0.05, 0) is 11.4 Å². The van der Waals surface area contributed by atoms with Crippen molar-refractivity contribution in [3.63, 3.8) is 0 Å². The van der Waals surface area contributed by atoms with Crippen LogP contribution in [0, 0.1) is 0 Å². The van der Waals surface area contributed by atoms with Crippen molar-refractivity contribution in [2.45, 2.75) is 13.1 Å². The fraction of sp³-hybridized carbons (Fsp3) is 0.250. The lowest BCUT2D eigenvalue weighted by Gasteiger charge is -2.07. The Bertz CT molecular complexity index is 397. The molecule has 15 heavy (non-hydrogen) atoms. The van der Waals surface area contributed by atoms with E-state index in [2.05, 4.69) is 0 Å². The maximum atomic E-state index is 11.9. The molecule has 0 aliphatic heterocycles. The molecule has 1 rings (SSSR count). The molecule has 1 amide bonds. The van der Waals surface area contributed by atoms with Gasteiger partial charge in [0.05, 0.1) is 10.6 Å². The van der Waals surface area contributed by atoms with Gasteiger partial charge >= 0.3 is 12.1 Å². The first-order valence-corrected chi connectivity index (χ1v) is 4.67. The average molecular weight is 237 g/mol. The summed E-state index contributed by atoms with van der Waals surface area (Å²) in [6, 6.07) is 1.25. The summed E-state index contributed by atoms with van der Waals surface area (Å²) in [5, 5.41) is 3.07. The summed E-state index contributed by atoms with van der Waals surface area (Å²) in [6.45, 7) is 1.22. The molecule has 0 unspecified atom stereocenters. The number of carbonyl (C=O) groups excluding carboxylic acids is 2. The molecular formula is C8H6F3NO2S. The standard InChI is InChI=1S/C8H6F3NO2S/c1-4(13)6-5(2-3-15-6)12-7(14)8(9,10)11/h2-3H,1H3,(H,12,14). The van der Waals surface area contributed by atoms with Crippen LogP contribution in [-0.4, -0.2) is 17.9 Å². The lowest BCUT2D eigenvalue weighted by atomic mass is 10.3. The quantitative estimate of drug-likeness (QED) is 0.803. The van der Waals surface area contributed by atoms with Gasteiger partial charge in [-0.3, -0.25) is 9.59 Å². The normalized spacial score (nSPS) is 11.2. The van der Waals surface area contributed by atoms with Gasteiger partial charge < -0.3 is 5.32 Å². The molecule has 0 radical (unpaired) electrons. The first-order chi connectivity index (χ1) is 6.82. The maximum absolute atomic E-state index is 11.9. The van der Waals surface area contributed by atoms with Crippen LogP contribution in [-0.2, 0) is 4.79 Å². The molecule has 0 fully saturated rings. The van der Waals surface area contributed by atoms with Crippen molar-refractivity contribution in [1.29, 1.82) is 0 Å². The second kappa shape index (κ2) is 4.01. The Labute approximate surface area is 86.9 Å². The van der Waals surface area contributed by atoms with Crippen LogP contribution in [0.25, 0.3) is 0 Å². The van der Waals surface area contributed by atoms with Crippen LogP contribution in [0.5, 0.6) is 0 Å². The highest BCUT2D eigenvalue weighted by Gasteiger charge is 2.39. The summed E-state index contributed by atoms with van der Waals surface area (Å²) in [7, 11) is 0. The number of hydrogen-bond donors (Lipinski definition) is 1. The molecule has 0 aliphatic carbocycles. The minimum atomic E-state index is -4.95. The Balaban J connectivity index is 2.86. The molecule has 0 spiro atoms. The molecule has 1 heterocycles. The highest BCUT2D eigenvalue weighted by molar-refractivity contribution is 7.12. The summed E-state index contributed by atoms with van der Waals surface area (Å²) >= 11 is 0.979. The lowest BCUT2D eigenvalue weighted by molar-refractivity contribution is -0.167. The third-order valence-electron chi connectivity index (χ3n) is 1.49. The van der Waals surface area contributed by atoms with Crippen molar-refractivity contribution in [3.05, 3.63) is 16.3 Å². The van der Waals surface area contributed by atoms with Crippen molar-refractivity contribution < 1.29 is 22.8 Å². The fourth-order valence-electron chi connectivity index (χ4n) is 0.874. The van der Waals surface area contributed by atoms with Crippen LogP contribution in [0.4, 0.5) is 18.9 Å². The largest absolute Gasteiger partial charge is 0.471 e. The number of halogens is 3. The van der Waals surface area contributed by atoms with E-state index < -0.39 is 12.1 Å². The first-order valence-electron chi connectivity index (χ1n) is 3.79. The van der Waals surface area contributed by atoms with Crippen LogP contribution in [0.3, 0.4) is 0 Å². The summed E-state index contributed by atoms with van der Waals surface area (Å²) in [4.78, 5) is 21.6. The van der Waals surface area contributed by atoms with Crippen LogP contribution < -0.4 is 5.32 Å². The Morgan fingerprint density at radius 1 is 1.40 bits per heavy atom. The van der Waals surface area contributed by atoms with E-state index in [1.807, 2.05) is 0 Å². The fourth-order valence-corrected chi connectivity index (χ4v) is 1.63. The van der Waals surface area contributed by atoms with E-state index in [9.17, 15) is 22.8 Å². The van der Waals surface area contributed by atoms with Crippen LogP contribution in [0.15, 0.2) is 11.4 Å². The predicted octanol–water partition coefficient (Wildman–Crippen LogP) is 2.45. The molecule has 0 aromatic carbocycles. The number of alkyl halides is 3. The molecular weight excluding hydrogens is 231 g/mol. The molecule has 0 saturated heterocycles. The van der Waals surface area contributed by atoms with Gasteiger partial charge in [-0.2, -0.15) is 13.2 Å². The molecule has 0 bridgehead atoms. The number of thiophene rings is 1. The smallest absolute Gasteiger partial charge is 0.317 e. The van der Waals surface area contributed by atoms with Gasteiger partial charge in [-0.25, -0.2) is 0 Å². The van der Waals surface area contributed by atoms with E-state index in [1.54, 1.807) is 5.32 Å². The first kappa shape index (κ1) is 11.7. The van der Waals surface area contributed by atoms with Gasteiger partial charge in [-0.15, -0.1) is 11.3 Å². The van der Waals surface area contributed by atoms with Gasteiger partial charge in [0.2, 0.25) is 0 Å². The minimum Gasteiger partial charge on any atom is -0.317 e. The van der Waals surface area contributed by atoms with Gasteiger partial charge in [0.1, 0.15) is 0 Å². The number of nitrogens with one attached hydrogen (secondary N) is 1. The average Bonchev–Trinajstić information content (AvgIpc) is 2.50. The highest BCUT2D eigenvalue weighted by Crippen LogP contribution is 2.25. The highest BCUT2D eigenvalue weighted by atomic mass is 32.1. The van der Waals surface area contributed by atoms with Crippen LogP contribution in [0.1, 0.15) is 16.6 Å². The number of rotatable bonds is 2. The summed E-state index contributed by atoms with van der Waals surface area (Å²) < 4.78 is 35.6. The topological polar surface area (TPSA) is 46.2 Å². The zero-order valence-electron chi connectivity index (χ0n) is 7.51. The van der Waals surface area contributed by atoms with E-state index in [0.717, 1.165) is 11.3 Å². The number of carbonyl (C=O) groups is 2. The number of ketones is 1. The molecule has 0 saturated carbocycles. The third-order valence-corrected chi connectivity index (χ3v) is 2.51. The molecule has 0 atom stereocenters. The Morgan fingerprint density at radius 2 is 2.00 bits per heavy atom. The molecule has 1 aromatic rings. The maximum Gasteiger partial charge on any atom is 0.471 e. The monoisotopic (exact) mass is 237 g/mol. The number of Topliss-reactive ketones (excluding diaryl/α,β-unsaturated/α-hetero) is 1. The zero-order chi connectivity index (χ0) is 11.6. The molecule has 0 aliphatic rings. The second-order valence-corrected chi connectivity index (χ2v) is 3.59. The third kappa shape index (κ3) is 2.79. The number of anilines is 1. The molecule has 82 valence electrons. The second-order valence-electron chi connectivity index (χ2n) is 2.67. The van der Waals surface area contributed by atoms with E-state index in [0.29, 0.717) is 0 Å². The number of hydrogen-bond acceptors (Lipinski definition) is 3. The van der Waals surface area contributed by atoms with E-state index in [1.165, 1.54) is 18.4 Å². The summed E-state index contributed by atoms with van der Waals surface area (Å²) in [5.74, 6) is -2.47. The Kier molecular flexibility index (Phi) is 3.13. The van der Waals surface area contributed by atoms with Crippen molar-refractivity contribution in [3.8, 4) is 0 Å².